The van der Waals surface area contributed by atoms with Crippen molar-refractivity contribution in [1.82, 2.24) is 9.29 Å². The molecule has 0 radical (unpaired) electrons. The zero-order valence-electron chi connectivity index (χ0n) is 15.8. The van der Waals surface area contributed by atoms with Crippen molar-refractivity contribution in [2.75, 3.05) is 18.4 Å². The molecule has 29 heavy (non-hydrogen) atoms. The van der Waals surface area contributed by atoms with Gasteiger partial charge >= 0.3 is 0 Å². The fourth-order valence-electron chi connectivity index (χ4n) is 3.45. The van der Waals surface area contributed by atoms with Crippen LogP contribution < -0.4 is 5.32 Å². The zero-order valence-corrected chi connectivity index (χ0v) is 17.4. The van der Waals surface area contributed by atoms with Gasteiger partial charge in [0.25, 0.3) is 0 Å². The van der Waals surface area contributed by atoms with E-state index in [0.717, 1.165) is 29.7 Å². The first-order chi connectivity index (χ1) is 14.0. The van der Waals surface area contributed by atoms with E-state index in [9.17, 15) is 12.8 Å². The van der Waals surface area contributed by atoms with Gasteiger partial charge < -0.3 is 5.32 Å². The van der Waals surface area contributed by atoms with Crippen LogP contribution in [0.5, 0.6) is 0 Å². The summed E-state index contributed by atoms with van der Waals surface area (Å²) in [5, 5.41) is 5.33. The predicted octanol–water partition coefficient (Wildman–Crippen LogP) is 4.66. The number of aromatic nitrogens is 1. The monoisotopic (exact) mass is 431 g/mol. The minimum atomic E-state index is -3.50. The van der Waals surface area contributed by atoms with Crippen LogP contribution in [0.2, 0.25) is 0 Å². The fourth-order valence-corrected chi connectivity index (χ4v) is 5.72. The molecule has 1 aliphatic heterocycles. The third-order valence-corrected chi connectivity index (χ3v) is 7.83. The van der Waals surface area contributed by atoms with E-state index in [4.69, 9.17) is 0 Å². The normalized spacial score (nSPS) is 16.4. The first-order valence-electron chi connectivity index (χ1n) is 9.56. The van der Waals surface area contributed by atoms with Gasteiger partial charge in [0.1, 0.15) is 16.5 Å². The molecule has 1 aromatic carbocycles. The molecule has 0 saturated carbocycles. The van der Waals surface area contributed by atoms with Crippen molar-refractivity contribution < 1.29 is 12.8 Å². The molecule has 2 aromatic heterocycles. The van der Waals surface area contributed by atoms with Gasteiger partial charge in [0, 0.05) is 24.2 Å². The van der Waals surface area contributed by atoms with E-state index < -0.39 is 10.0 Å². The lowest BCUT2D eigenvalue weighted by atomic mass is 10.1. The molecule has 0 amide bonds. The highest BCUT2D eigenvalue weighted by molar-refractivity contribution is 7.89. The Kier molecular flexibility index (Phi) is 5.94. The Labute approximate surface area is 174 Å². The Morgan fingerprint density at radius 3 is 2.41 bits per heavy atom. The number of rotatable bonds is 6. The van der Waals surface area contributed by atoms with Crippen molar-refractivity contribution in [1.29, 1.82) is 0 Å². The summed E-state index contributed by atoms with van der Waals surface area (Å²) in [6.45, 7) is 1.13. The van der Waals surface area contributed by atoms with Crippen LogP contribution in [0.3, 0.4) is 0 Å². The number of nitrogens with zero attached hydrogens (tertiary/aromatic N) is 2. The van der Waals surface area contributed by atoms with Gasteiger partial charge in [0.15, 0.2) is 0 Å². The van der Waals surface area contributed by atoms with E-state index in [1.54, 1.807) is 35.6 Å². The van der Waals surface area contributed by atoms with Crippen LogP contribution in [0, 0.1) is 5.82 Å². The highest BCUT2D eigenvalue weighted by atomic mass is 32.2. The van der Waals surface area contributed by atoms with Crippen LogP contribution in [-0.4, -0.2) is 30.8 Å². The quantitative estimate of drug-likeness (QED) is 0.617. The summed E-state index contributed by atoms with van der Waals surface area (Å²) in [7, 11) is -3.50. The summed E-state index contributed by atoms with van der Waals surface area (Å²) < 4.78 is 40.5. The largest absolute Gasteiger partial charge is 0.358 e. The van der Waals surface area contributed by atoms with Crippen molar-refractivity contribution in [2.45, 2.75) is 30.2 Å². The topological polar surface area (TPSA) is 62.3 Å². The number of piperidine rings is 1. The van der Waals surface area contributed by atoms with Crippen molar-refractivity contribution in [3.8, 4) is 0 Å². The van der Waals surface area contributed by atoms with E-state index >= 15 is 0 Å². The summed E-state index contributed by atoms with van der Waals surface area (Å²) in [5.74, 6) is 0.273. The van der Waals surface area contributed by atoms with Gasteiger partial charge in [-0.15, -0.1) is 11.3 Å². The van der Waals surface area contributed by atoms with E-state index in [2.05, 4.69) is 10.3 Å². The van der Waals surface area contributed by atoms with E-state index in [1.807, 2.05) is 17.5 Å². The lowest BCUT2D eigenvalue weighted by Gasteiger charge is -2.25. The summed E-state index contributed by atoms with van der Waals surface area (Å²) in [6.07, 6.45) is 4.27. The zero-order chi connectivity index (χ0) is 20.3. The maximum Gasteiger partial charge on any atom is 0.244 e. The Morgan fingerprint density at radius 2 is 1.79 bits per heavy atom. The maximum atomic E-state index is 13.3. The third kappa shape index (κ3) is 4.49. The number of thiophene rings is 1. The third-order valence-electron chi connectivity index (χ3n) is 5.01. The molecule has 0 spiro atoms. The second-order valence-electron chi connectivity index (χ2n) is 6.99. The predicted molar refractivity (Wildman–Crippen MR) is 113 cm³/mol. The molecule has 1 saturated heterocycles. The van der Waals surface area contributed by atoms with E-state index in [1.165, 1.54) is 22.6 Å². The van der Waals surface area contributed by atoms with Gasteiger partial charge in [-0.2, -0.15) is 4.31 Å². The van der Waals surface area contributed by atoms with Gasteiger partial charge in [0.2, 0.25) is 10.0 Å². The number of sulfonamides is 1. The van der Waals surface area contributed by atoms with Crippen LogP contribution >= 0.6 is 11.3 Å². The average molecular weight is 432 g/mol. The van der Waals surface area contributed by atoms with Crippen LogP contribution in [0.15, 0.2) is 65.0 Å². The molecule has 0 bridgehead atoms. The molecular weight excluding hydrogens is 409 g/mol. The molecule has 4 rings (SSSR count). The molecule has 1 N–H and O–H groups in total. The number of hydrogen-bond donors (Lipinski definition) is 1. The van der Waals surface area contributed by atoms with Gasteiger partial charge in [-0.1, -0.05) is 24.6 Å². The highest BCUT2D eigenvalue weighted by Crippen LogP contribution is 2.30. The van der Waals surface area contributed by atoms with Crippen LogP contribution in [0.1, 0.15) is 35.7 Å². The molecule has 152 valence electrons. The number of halogens is 1. The van der Waals surface area contributed by atoms with Crippen molar-refractivity contribution in [3.05, 3.63) is 76.4 Å². The number of nitrogens with one attached hydrogen (secondary N) is 1. The van der Waals surface area contributed by atoms with Gasteiger partial charge in [0.05, 0.1) is 6.04 Å². The van der Waals surface area contributed by atoms with E-state index in [-0.39, 0.29) is 16.8 Å². The maximum absolute atomic E-state index is 13.3. The number of anilines is 1. The minimum Gasteiger partial charge on any atom is -0.358 e. The fraction of sp³-hybridized carbons (Fsp3) is 0.286. The Morgan fingerprint density at radius 1 is 1.03 bits per heavy atom. The lowest BCUT2D eigenvalue weighted by Crippen LogP contribution is -2.35. The first-order valence-corrected chi connectivity index (χ1v) is 11.9. The SMILES string of the molecule is O=S(=O)(c1ccc(N[C@@H](c2ccc(F)cc2)c2cccs2)nc1)N1CCCCC1. The standard InChI is InChI=1S/C21H22FN3O2S2/c22-17-8-6-16(7-9-17)21(19-5-4-14-28-19)24-20-11-10-18(15-23-20)29(26,27)25-12-2-1-3-13-25/h4-11,14-15,21H,1-3,12-13H2,(H,23,24)/t21-/m0/s1. The molecular formula is C21H22FN3O2S2. The van der Waals surface area contributed by atoms with Crippen LogP contribution in [-0.2, 0) is 10.0 Å². The molecule has 3 heterocycles. The minimum absolute atomic E-state index is 0.201. The summed E-state index contributed by atoms with van der Waals surface area (Å²) in [4.78, 5) is 5.61. The molecule has 1 aliphatic rings. The van der Waals surface area contributed by atoms with Gasteiger partial charge in [-0.25, -0.2) is 17.8 Å². The highest BCUT2D eigenvalue weighted by Gasteiger charge is 2.26. The lowest BCUT2D eigenvalue weighted by molar-refractivity contribution is 0.346. The van der Waals surface area contributed by atoms with Gasteiger partial charge in [-0.3, -0.25) is 0 Å². The Balaban J connectivity index is 1.56. The summed E-state index contributed by atoms with van der Waals surface area (Å²) in [6, 6.07) is 13.4. The smallest absolute Gasteiger partial charge is 0.244 e. The second-order valence-corrected chi connectivity index (χ2v) is 9.91. The molecule has 1 atom stereocenters. The number of benzene rings is 1. The second kappa shape index (κ2) is 8.61. The number of pyridine rings is 1. The molecule has 0 aliphatic carbocycles. The first kappa shape index (κ1) is 20.0. The summed E-state index contributed by atoms with van der Waals surface area (Å²) in [5.41, 5.74) is 0.903. The van der Waals surface area contributed by atoms with Gasteiger partial charge in [-0.05, 0) is 54.1 Å². The average Bonchev–Trinajstić information content (AvgIpc) is 3.28. The van der Waals surface area contributed by atoms with Crippen molar-refractivity contribution >= 4 is 27.2 Å². The molecule has 0 unspecified atom stereocenters. The molecule has 8 heteroatoms. The van der Waals surface area contributed by atoms with E-state index in [0.29, 0.717) is 18.9 Å². The Bertz CT molecular complexity index is 1030. The van der Waals surface area contributed by atoms with Crippen LogP contribution in [0.25, 0.3) is 0 Å². The Hall–Kier alpha value is -2.29. The van der Waals surface area contributed by atoms with Crippen molar-refractivity contribution in [2.24, 2.45) is 0 Å². The molecule has 3 aromatic rings. The summed E-state index contributed by atoms with van der Waals surface area (Å²) >= 11 is 1.59. The molecule has 1 fully saturated rings. The molecule has 5 nitrogen and oxygen atoms in total. The van der Waals surface area contributed by atoms with Crippen molar-refractivity contribution in [3.63, 3.8) is 0 Å². The van der Waals surface area contributed by atoms with Crippen LogP contribution in [0.4, 0.5) is 10.2 Å². The number of hydrogen-bond acceptors (Lipinski definition) is 5.